The van der Waals surface area contributed by atoms with Crippen LogP contribution in [0.2, 0.25) is 0 Å². The van der Waals surface area contributed by atoms with Crippen molar-refractivity contribution in [1.29, 1.82) is 0 Å². The average Bonchev–Trinajstić information content (AvgIpc) is 3.03. The van der Waals surface area contributed by atoms with Crippen molar-refractivity contribution in [3.63, 3.8) is 0 Å². The number of benzene rings is 1. The molecular formula is C18H13ClF4N4O. The van der Waals surface area contributed by atoms with Gasteiger partial charge in [-0.05, 0) is 37.3 Å². The van der Waals surface area contributed by atoms with Crippen LogP contribution in [0.3, 0.4) is 0 Å². The first-order valence-electron chi connectivity index (χ1n) is 7.94. The number of anilines is 1. The molecule has 2 aromatic heterocycles. The van der Waals surface area contributed by atoms with Crippen molar-refractivity contribution in [3.05, 3.63) is 71.1 Å². The minimum atomic E-state index is -4.65. The maximum absolute atomic E-state index is 13.1. The van der Waals surface area contributed by atoms with Gasteiger partial charge >= 0.3 is 6.18 Å². The molecule has 0 spiro atoms. The van der Waals surface area contributed by atoms with E-state index in [1.807, 2.05) is 0 Å². The molecule has 0 aliphatic rings. The molecule has 3 aromatic rings. The lowest BCUT2D eigenvalue weighted by molar-refractivity contribution is -0.138. The van der Waals surface area contributed by atoms with Crippen LogP contribution in [-0.2, 0) is 12.1 Å². The zero-order valence-corrected chi connectivity index (χ0v) is 15.1. The van der Waals surface area contributed by atoms with Crippen LogP contribution in [0.15, 0.2) is 42.7 Å². The number of alkyl halides is 4. The quantitative estimate of drug-likeness (QED) is 0.498. The molecule has 0 aliphatic carbocycles. The van der Waals surface area contributed by atoms with Crippen molar-refractivity contribution in [2.75, 3.05) is 5.32 Å². The first-order valence-corrected chi connectivity index (χ1v) is 8.48. The Kier molecular flexibility index (Phi) is 5.37. The number of carbonyl (C=O) groups excluding carboxylic acids is 1. The molecule has 10 heteroatoms. The van der Waals surface area contributed by atoms with E-state index in [2.05, 4.69) is 15.4 Å². The van der Waals surface area contributed by atoms with E-state index in [0.717, 1.165) is 12.3 Å². The summed E-state index contributed by atoms with van der Waals surface area (Å²) in [6, 6.07) is 6.23. The standard InChI is InChI=1S/C18H13ClF4N4O/c1-10-14(9-27(26-10)13-4-2-11(20)3-5-13)17(28)25-12-6-15(18(21,22)23)16(7-19)24-8-12/h2-6,8-9H,7H2,1H3,(H,25,28). The van der Waals surface area contributed by atoms with Gasteiger partial charge < -0.3 is 5.32 Å². The lowest BCUT2D eigenvalue weighted by atomic mass is 10.1. The van der Waals surface area contributed by atoms with Crippen LogP contribution in [0.25, 0.3) is 5.69 Å². The van der Waals surface area contributed by atoms with E-state index in [9.17, 15) is 22.4 Å². The van der Waals surface area contributed by atoms with Crippen molar-refractivity contribution in [2.24, 2.45) is 0 Å². The van der Waals surface area contributed by atoms with Gasteiger partial charge in [0.2, 0.25) is 0 Å². The lowest BCUT2D eigenvalue weighted by Crippen LogP contribution is -2.15. The molecular weight excluding hydrogens is 400 g/mol. The Hall–Kier alpha value is -2.94. The molecule has 28 heavy (non-hydrogen) atoms. The molecule has 1 amide bonds. The number of halogens is 5. The SMILES string of the molecule is Cc1nn(-c2ccc(F)cc2)cc1C(=O)Nc1cnc(CCl)c(C(F)(F)F)c1. The number of hydrogen-bond acceptors (Lipinski definition) is 3. The van der Waals surface area contributed by atoms with Gasteiger partial charge in [-0.2, -0.15) is 18.3 Å². The molecule has 3 rings (SSSR count). The minimum Gasteiger partial charge on any atom is -0.320 e. The van der Waals surface area contributed by atoms with Crippen LogP contribution >= 0.6 is 11.6 Å². The summed E-state index contributed by atoms with van der Waals surface area (Å²) in [5.41, 5.74) is -0.440. The largest absolute Gasteiger partial charge is 0.418 e. The zero-order valence-electron chi connectivity index (χ0n) is 14.4. The summed E-state index contributed by atoms with van der Waals surface area (Å²) >= 11 is 5.50. The number of aromatic nitrogens is 3. The van der Waals surface area contributed by atoms with Crippen LogP contribution < -0.4 is 5.32 Å². The summed E-state index contributed by atoms with van der Waals surface area (Å²) in [7, 11) is 0. The number of aryl methyl sites for hydroxylation is 1. The number of pyridine rings is 1. The topological polar surface area (TPSA) is 59.8 Å². The molecule has 0 bridgehead atoms. The van der Waals surface area contributed by atoms with E-state index >= 15 is 0 Å². The highest BCUT2D eigenvalue weighted by atomic mass is 35.5. The third-order valence-corrected chi connectivity index (χ3v) is 4.15. The molecule has 1 aromatic carbocycles. The molecule has 0 atom stereocenters. The summed E-state index contributed by atoms with van der Waals surface area (Å²) < 4.78 is 53.7. The number of rotatable bonds is 4. The maximum Gasteiger partial charge on any atom is 0.418 e. The molecule has 0 saturated heterocycles. The number of nitrogens with zero attached hydrogens (tertiary/aromatic N) is 3. The second-order valence-electron chi connectivity index (χ2n) is 5.85. The first kappa shape index (κ1) is 19.8. The number of amides is 1. The predicted octanol–water partition coefficient (Wildman–Crippen LogP) is 4.72. The van der Waals surface area contributed by atoms with Crippen molar-refractivity contribution in [1.82, 2.24) is 14.8 Å². The van der Waals surface area contributed by atoms with Crippen molar-refractivity contribution < 1.29 is 22.4 Å². The Labute approximate surface area is 162 Å². The Morgan fingerprint density at radius 1 is 1.25 bits per heavy atom. The van der Waals surface area contributed by atoms with E-state index in [1.54, 1.807) is 6.92 Å². The normalized spacial score (nSPS) is 11.5. The van der Waals surface area contributed by atoms with Gasteiger partial charge in [-0.3, -0.25) is 9.78 Å². The summed E-state index contributed by atoms with van der Waals surface area (Å²) in [6.45, 7) is 1.57. The smallest absolute Gasteiger partial charge is 0.320 e. The summed E-state index contributed by atoms with van der Waals surface area (Å²) in [4.78, 5) is 16.2. The van der Waals surface area contributed by atoms with Gasteiger partial charge in [0.15, 0.2) is 0 Å². The molecule has 146 valence electrons. The fourth-order valence-corrected chi connectivity index (χ4v) is 2.73. The Balaban J connectivity index is 1.87. The van der Waals surface area contributed by atoms with Gasteiger partial charge in [-0.15, -0.1) is 11.6 Å². The van der Waals surface area contributed by atoms with Gasteiger partial charge in [0.05, 0.1) is 46.0 Å². The number of nitrogens with one attached hydrogen (secondary N) is 1. The number of hydrogen-bond donors (Lipinski definition) is 1. The van der Waals surface area contributed by atoms with Crippen molar-refractivity contribution in [2.45, 2.75) is 19.0 Å². The van der Waals surface area contributed by atoms with Gasteiger partial charge in [-0.1, -0.05) is 0 Å². The van der Waals surface area contributed by atoms with Gasteiger partial charge in [0, 0.05) is 6.20 Å². The molecule has 2 heterocycles. The summed E-state index contributed by atoms with van der Waals surface area (Å²) in [5.74, 6) is -1.48. The molecule has 0 fully saturated rings. The zero-order chi connectivity index (χ0) is 20.5. The van der Waals surface area contributed by atoms with Gasteiger partial charge in [0.1, 0.15) is 5.82 Å². The highest BCUT2D eigenvalue weighted by molar-refractivity contribution is 6.17. The van der Waals surface area contributed by atoms with Crippen LogP contribution in [0.5, 0.6) is 0 Å². The number of carbonyl (C=O) groups is 1. The third-order valence-electron chi connectivity index (χ3n) is 3.89. The van der Waals surface area contributed by atoms with Crippen LogP contribution in [0.4, 0.5) is 23.2 Å². The predicted molar refractivity (Wildman–Crippen MR) is 95.0 cm³/mol. The Morgan fingerprint density at radius 2 is 1.93 bits per heavy atom. The molecule has 1 N–H and O–H groups in total. The van der Waals surface area contributed by atoms with Crippen molar-refractivity contribution in [3.8, 4) is 5.69 Å². The second kappa shape index (κ2) is 7.59. The first-order chi connectivity index (χ1) is 13.2. The molecule has 0 aliphatic heterocycles. The summed E-state index contributed by atoms with van der Waals surface area (Å²) in [6.07, 6.45) is -2.14. The third kappa shape index (κ3) is 4.14. The van der Waals surface area contributed by atoms with E-state index in [-0.39, 0.29) is 16.9 Å². The molecule has 0 saturated carbocycles. The monoisotopic (exact) mass is 412 g/mol. The summed E-state index contributed by atoms with van der Waals surface area (Å²) in [5, 5.41) is 6.56. The molecule has 0 radical (unpaired) electrons. The van der Waals surface area contributed by atoms with Crippen molar-refractivity contribution >= 4 is 23.2 Å². The Bertz CT molecular complexity index is 1020. The van der Waals surface area contributed by atoms with Crippen LogP contribution in [-0.4, -0.2) is 20.7 Å². The molecule has 5 nitrogen and oxygen atoms in total. The fourth-order valence-electron chi connectivity index (χ4n) is 2.52. The van der Waals surface area contributed by atoms with Gasteiger partial charge in [-0.25, -0.2) is 9.07 Å². The highest BCUT2D eigenvalue weighted by Crippen LogP contribution is 2.33. The van der Waals surface area contributed by atoms with Crippen LogP contribution in [0.1, 0.15) is 27.3 Å². The average molecular weight is 413 g/mol. The fraction of sp³-hybridized carbons (Fsp3) is 0.167. The maximum atomic E-state index is 13.1. The molecule has 0 unspecified atom stereocenters. The van der Waals surface area contributed by atoms with E-state index in [0.29, 0.717) is 11.4 Å². The second-order valence-corrected chi connectivity index (χ2v) is 6.12. The van der Waals surface area contributed by atoms with Crippen LogP contribution in [0, 0.1) is 12.7 Å². The van der Waals surface area contributed by atoms with E-state index < -0.39 is 29.3 Å². The highest BCUT2D eigenvalue weighted by Gasteiger charge is 2.34. The van der Waals surface area contributed by atoms with Gasteiger partial charge in [0.25, 0.3) is 5.91 Å². The van der Waals surface area contributed by atoms with E-state index in [1.165, 1.54) is 35.1 Å². The lowest BCUT2D eigenvalue weighted by Gasteiger charge is -2.12. The minimum absolute atomic E-state index is 0.125. The van der Waals surface area contributed by atoms with E-state index in [4.69, 9.17) is 11.6 Å². The Morgan fingerprint density at radius 3 is 2.54 bits per heavy atom.